The van der Waals surface area contributed by atoms with E-state index in [2.05, 4.69) is 0 Å². The Kier molecular flexibility index (Phi) is 5.05. The topological polar surface area (TPSA) is 72.6 Å². The molecule has 120 valence electrons. The molecule has 0 aromatic carbocycles. The van der Waals surface area contributed by atoms with Crippen molar-refractivity contribution >= 4 is 34.9 Å². The largest absolute Gasteiger partial charge is 0.376 e. The summed E-state index contributed by atoms with van der Waals surface area (Å²) in [4.78, 5) is 26.6. The van der Waals surface area contributed by atoms with Gasteiger partial charge >= 0.3 is 0 Å². The van der Waals surface area contributed by atoms with Gasteiger partial charge in [0.05, 0.1) is 16.5 Å². The zero-order chi connectivity index (χ0) is 15.5. The number of hydrogen-bond donors (Lipinski definition) is 1. The Labute approximate surface area is 138 Å². The molecule has 2 aliphatic rings. The van der Waals surface area contributed by atoms with E-state index in [0.29, 0.717) is 17.0 Å². The quantitative estimate of drug-likeness (QED) is 0.889. The maximum absolute atomic E-state index is 12.9. The van der Waals surface area contributed by atoms with E-state index in [0.717, 1.165) is 37.4 Å². The molecule has 1 aromatic heterocycles. The minimum absolute atomic E-state index is 0.000463. The molecule has 0 spiro atoms. The van der Waals surface area contributed by atoms with Crippen LogP contribution in [0.3, 0.4) is 0 Å². The van der Waals surface area contributed by atoms with Crippen molar-refractivity contribution < 1.29 is 14.3 Å². The number of nitrogens with zero attached hydrogens (tertiary/aromatic N) is 1. The minimum Gasteiger partial charge on any atom is -0.376 e. The predicted octanol–water partition coefficient (Wildman–Crippen LogP) is 1.97. The zero-order valence-electron chi connectivity index (χ0n) is 12.3. The van der Waals surface area contributed by atoms with Crippen LogP contribution in [0.25, 0.3) is 0 Å². The lowest BCUT2D eigenvalue weighted by atomic mass is 10.1. The number of primary amides is 1. The van der Waals surface area contributed by atoms with Crippen LogP contribution in [0.15, 0.2) is 11.4 Å². The van der Waals surface area contributed by atoms with Crippen molar-refractivity contribution in [1.29, 1.82) is 0 Å². The van der Waals surface area contributed by atoms with Gasteiger partial charge in [-0.15, -0.1) is 11.3 Å². The first kappa shape index (κ1) is 15.8. The molecule has 3 heterocycles. The highest BCUT2D eigenvalue weighted by molar-refractivity contribution is 7.99. The second-order valence-corrected chi connectivity index (χ2v) is 7.73. The van der Waals surface area contributed by atoms with Crippen LogP contribution in [-0.4, -0.2) is 53.5 Å². The van der Waals surface area contributed by atoms with Crippen molar-refractivity contribution in [3.63, 3.8) is 0 Å². The number of amides is 2. The first-order chi connectivity index (χ1) is 10.6. The molecule has 22 heavy (non-hydrogen) atoms. The number of thiophene rings is 1. The summed E-state index contributed by atoms with van der Waals surface area (Å²) < 4.78 is 5.70. The van der Waals surface area contributed by atoms with Crippen molar-refractivity contribution in [1.82, 2.24) is 4.90 Å². The Bertz CT molecular complexity index is 549. The average Bonchev–Trinajstić information content (AvgIpc) is 3.24. The Hall–Kier alpha value is -1.05. The molecule has 2 aliphatic heterocycles. The van der Waals surface area contributed by atoms with Crippen molar-refractivity contribution in [3.8, 4) is 0 Å². The Morgan fingerprint density at radius 1 is 1.41 bits per heavy atom. The van der Waals surface area contributed by atoms with Crippen LogP contribution in [0.5, 0.6) is 0 Å². The number of rotatable bonds is 5. The Morgan fingerprint density at radius 2 is 2.27 bits per heavy atom. The van der Waals surface area contributed by atoms with Crippen LogP contribution in [0.4, 0.5) is 0 Å². The fraction of sp³-hybridized carbons (Fsp3) is 0.600. The molecule has 5 nitrogen and oxygen atoms in total. The lowest BCUT2D eigenvalue weighted by Crippen LogP contribution is -2.44. The van der Waals surface area contributed by atoms with Crippen LogP contribution < -0.4 is 5.73 Å². The van der Waals surface area contributed by atoms with Gasteiger partial charge < -0.3 is 15.4 Å². The number of ether oxygens (including phenoxy) is 1. The van der Waals surface area contributed by atoms with E-state index >= 15 is 0 Å². The molecule has 2 atom stereocenters. The molecule has 0 bridgehead atoms. The van der Waals surface area contributed by atoms with Gasteiger partial charge in [-0.1, -0.05) is 0 Å². The third-order valence-corrected chi connectivity index (χ3v) is 6.19. The minimum atomic E-state index is -0.489. The van der Waals surface area contributed by atoms with Gasteiger partial charge in [0.15, 0.2) is 0 Å². The number of carbonyl (C=O) groups is 2. The Balaban J connectivity index is 1.76. The summed E-state index contributed by atoms with van der Waals surface area (Å²) in [5.74, 6) is 1.58. The lowest BCUT2D eigenvalue weighted by molar-refractivity contribution is 0.0445. The van der Waals surface area contributed by atoms with Crippen molar-refractivity contribution in [2.75, 3.05) is 24.7 Å². The third kappa shape index (κ3) is 3.47. The molecule has 2 amide bonds. The average molecular weight is 340 g/mol. The second-order valence-electron chi connectivity index (χ2n) is 5.67. The fourth-order valence-corrected chi connectivity index (χ4v) is 4.97. The summed E-state index contributed by atoms with van der Waals surface area (Å²) in [6, 6.07) is 1.88. The summed E-state index contributed by atoms with van der Waals surface area (Å²) >= 11 is 3.18. The number of hydrogen-bond acceptors (Lipinski definition) is 5. The summed E-state index contributed by atoms with van der Waals surface area (Å²) in [5, 5.41) is 1.66. The highest BCUT2D eigenvalue weighted by Crippen LogP contribution is 2.27. The fourth-order valence-electron chi connectivity index (χ4n) is 2.89. The molecule has 0 aliphatic carbocycles. The van der Waals surface area contributed by atoms with E-state index in [1.807, 2.05) is 16.7 Å². The monoisotopic (exact) mass is 340 g/mol. The summed E-state index contributed by atoms with van der Waals surface area (Å²) in [7, 11) is 0. The highest BCUT2D eigenvalue weighted by atomic mass is 32.2. The van der Waals surface area contributed by atoms with Crippen LogP contribution in [0.2, 0.25) is 0 Å². The first-order valence-electron chi connectivity index (χ1n) is 7.54. The molecular formula is C15H20N2O3S2. The van der Waals surface area contributed by atoms with Gasteiger partial charge in [0, 0.05) is 30.3 Å². The van der Waals surface area contributed by atoms with Crippen molar-refractivity contribution in [2.45, 2.75) is 31.4 Å². The summed E-state index contributed by atoms with van der Waals surface area (Å²) in [5.41, 5.74) is 5.69. The van der Waals surface area contributed by atoms with Crippen molar-refractivity contribution in [2.24, 2.45) is 5.73 Å². The van der Waals surface area contributed by atoms with E-state index in [1.54, 1.807) is 11.4 Å². The van der Waals surface area contributed by atoms with E-state index in [-0.39, 0.29) is 18.1 Å². The third-order valence-electron chi connectivity index (χ3n) is 4.13. The Morgan fingerprint density at radius 3 is 2.86 bits per heavy atom. The maximum Gasteiger partial charge on any atom is 0.264 e. The number of carbonyl (C=O) groups excluding carboxylic acids is 2. The summed E-state index contributed by atoms with van der Waals surface area (Å²) in [6.07, 6.45) is 3.25. The number of nitrogens with two attached hydrogens (primary N) is 1. The summed E-state index contributed by atoms with van der Waals surface area (Å²) in [6.45, 7) is 1.44. The van der Waals surface area contributed by atoms with Crippen LogP contribution >= 0.6 is 23.1 Å². The molecular weight excluding hydrogens is 320 g/mol. The molecule has 2 saturated heterocycles. The standard InChI is InChI=1S/C15H20N2O3S2/c16-14(18)10-6-13(22-8-10)15(19)17(11-3-5-21-9-11)7-12-2-1-4-20-12/h6,8,11-12H,1-5,7,9H2,(H2,16,18)/t11-,12+/m1/s1. The maximum atomic E-state index is 12.9. The number of thioether (sulfide) groups is 1. The predicted molar refractivity (Wildman–Crippen MR) is 88.6 cm³/mol. The molecule has 3 rings (SSSR count). The molecule has 0 saturated carbocycles. The van der Waals surface area contributed by atoms with Gasteiger partial charge in [-0.05, 0) is 31.1 Å². The van der Waals surface area contributed by atoms with Gasteiger partial charge in [-0.2, -0.15) is 11.8 Å². The van der Waals surface area contributed by atoms with Gasteiger partial charge in [0.1, 0.15) is 0 Å². The highest BCUT2D eigenvalue weighted by Gasteiger charge is 2.31. The first-order valence-corrected chi connectivity index (χ1v) is 9.57. The van der Waals surface area contributed by atoms with Gasteiger partial charge in [-0.25, -0.2) is 0 Å². The smallest absolute Gasteiger partial charge is 0.264 e. The van der Waals surface area contributed by atoms with Crippen LogP contribution in [0.1, 0.15) is 39.3 Å². The molecule has 7 heteroatoms. The van der Waals surface area contributed by atoms with Crippen molar-refractivity contribution in [3.05, 3.63) is 21.9 Å². The molecule has 0 unspecified atom stereocenters. The molecule has 0 radical (unpaired) electrons. The zero-order valence-corrected chi connectivity index (χ0v) is 14.0. The molecule has 1 aromatic rings. The van der Waals surface area contributed by atoms with Gasteiger partial charge in [0.2, 0.25) is 5.91 Å². The van der Waals surface area contributed by atoms with E-state index in [1.165, 1.54) is 11.3 Å². The van der Waals surface area contributed by atoms with Crippen LogP contribution in [-0.2, 0) is 4.74 Å². The van der Waals surface area contributed by atoms with Crippen LogP contribution in [0, 0.1) is 0 Å². The normalized spacial score (nSPS) is 24.5. The SMILES string of the molecule is NC(=O)c1csc(C(=O)N(C[C@@H]2CCCO2)[C@@H]2CCSC2)c1. The van der Waals surface area contributed by atoms with E-state index < -0.39 is 5.91 Å². The van der Waals surface area contributed by atoms with Gasteiger partial charge in [-0.3, -0.25) is 9.59 Å². The lowest BCUT2D eigenvalue weighted by Gasteiger charge is -2.30. The second kappa shape index (κ2) is 7.02. The van der Waals surface area contributed by atoms with E-state index in [9.17, 15) is 9.59 Å². The molecule has 2 N–H and O–H groups in total. The van der Waals surface area contributed by atoms with Gasteiger partial charge in [0.25, 0.3) is 5.91 Å². The van der Waals surface area contributed by atoms with E-state index in [4.69, 9.17) is 10.5 Å². The molecule has 2 fully saturated rings.